The summed E-state index contributed by atoms with van der Waals surface area (Å²) in [5.41, 5.74) is -0.462. The van der Waals surface area contributed by atoms with E-state index >= 15 is 0 Å². The summed E-state index contributed by atoms with van der Waals surface area (Å²) in [6.45, 7) is 8.34. The number of rotatable bonds is 2. The van der Waals surface area contributed by atoms with Crippen molar-refractivity contribution in [3.8, 4) is 0 Å². The minimum absolute atomic E-state index is 0.109. The average molecular weight is 286 g/mol. The Bertz CT molecular complexity index is 335. The standard InChI is InChI=1S/C14H26N2O4/c1-14(2,3)20-13(18)15-10-4-6-16(7-5-10)11-8-19-9-12(11)17/h10-12,17H,4-9H2,1-3H3,(H,15,18)/t11-,12-/m1/s1. The topological polar surface area (TPSA) is 71.0 Å². The summed E-state index contributed by atoms with van der Waals surface area (Å²) in [5.74, 6) is 0. The molecular formula is C14H26N2O4. The third-order valence-electron chi connectivity index (χ3n) is 3.74. The van der Waals surface area contributed by atoms with Crippen LogP contribution in [0.4, 0.5) is 4.79 Å². The molecule has 6 nitrogen and oxygen atoms in total. The summed E-state index contributed by atoms with van der Waals surface area (Å²) in [7, 11) is 0. The maximum atomic E-state index is 11.7. The molecule has 0 aliphatic carbocycles. The molecule has 0 spiro atoms. The highest BCUT2D eigenvalue weighted by Gasteiger charge is 2.34. The fourth-order valence-corrected chi connectivity index (χ4v) is 2.73. The van der Waals surface area contributed by atoms with E-state index < -0.39 is 5.60 Å². The number of ether oxygens (including phenoxy) is 2. The number of nitrogens with one attached hydrogen (secondary N) is 1. The molecule has 0 saturated carbocycles. The van der Waals surface area contributed by atoms with E-state index in [1.807, 2.05) is 20.8 Å². The third kappa shape index (κ3) is 4.33. The SMILES string of the molecule is CC(C)(C)OC(=O)NC1CCN([C@@H]2COC[C@H]2O)CC1. The smallest absolute Gasteiger partial charge is 0.407 e. The molecule has 0 aromatic rings. The van der Waals surface area contributed by atoms with Crippen LogP contribution in [0.3, 0.4) is 0 Å². The van der Waals surface area contributed by atoms with E-state index in [-0.39, 0.29) is 24.3 Å². The van der Waals surface area contributed by atoms with E-state index in [0.29, 0.717) is 13.2 Å². The van der Waals surface area contributed by atoms with Gasteiger partial charge in [0.15, 0.2) is 0 Å². The Morgan fingerprint density at radius 1 is 1.30 bits per heavy atom. The van der Waals surface area contributed by atoms with Crippen LogP contribution in [0.25, 0.3) is 0 Å². The van der Waals surface area contributed by atoms with Gasteiger partial charge in [0.2, 0.25) is 0 Å². The van der Waals surface area contributed by atoms with Crippen molar-refractivity contribution in [2.24, 2.45) is 0 Å². The molecule has 2 rings (SSSR count). The molecule has 2 atom stereocenters. The zero-order valence-corrected chi connectivity index (χ0v) is 12.6. The van der Waals surface area contributed by atoms with Gasteiger partial charge in [0.25, 0.3) is 0 Å². The molecule has 20 heavy (non-hydrogen) atoms. The van der Waals surface area contributed by atoms with Gasteiger partial charge in [0.05, 0.1) is 25.4 Å². The van der Waals surface area contributed by atoms with E-state index in [0.717, 1.165) is 25.9 Å². The molecule has 2 aliphatic heterocycles. The lowest BCUT2D eigenvalue weighted by Gasteiger charge is -2.36. The summed E-state index contributed by atoms with van der Waals surface area (Å²) in [5, 5.41) is 12.7. The quantitative estimate of drug-likeness (QED) is 0.783. The summed E-state index contributed by atoms with van der Waals surface area (Å²) in [6.07, 6.45) is 1.02. The van der Waals surface area contributed by atoms with Gasteiger partial charge in [-0.25, -0.2) is 4.79 Å². The number of nitrogens with zero attached hydrogens (tertiary/aromatic N) is 1. The second kappa shape index (κ2) is 6.28. The predicted molar refractivity (Wildman–Crippen MR) is 74.6 cm³/mol. The van der Waals surface area contributed by atoms with Crippen LogP contribution in [-0.4, -0.2) is 66.2 Å². The lowest BCUT2D eigenvalue weighted by molar-refractivity contribution is 0.0412. The van der Waals surface area contributed by atoms with Crippen LogP contribution in [0.15, 0.2) is 0 Å². The lowest BCUT2D eigenvalue weighted by Crippen LogP contribution is -2.51. The normalized spacial score (nSPS) is 29.4. The number of hydrogen-bond acceptors (Lipinski definition) is 5. The molecule has 0 aromatic heterocycles. The predicted octanol–water partition coefficient (Wildman–Crippen LogP) is 0.735. The van der Waals surface area contributed by atoms with E-state index in [4.69, 9.17) is 9.47 Å². The van der Waals surface area contributed by atoms with Crippen molar-refractivity contribution in [1.29, 1.82) is 0 Å². The van der Waals surface area contributed by atoms with Crippen LogP contribution < -0.4 is 5.32 Å². The van der Waals surface area contributed by atoms with Gasteiger partial charge in [-0.2, -0.15) is 0 Å². The molecule has 116 valence electrons. The highest BCUT2D eigenvalue weighted by atomic mass is 16.6. The van der Waals surface area contributed by atoms with Crippen molar-refractivity contribution in [3.05, 3.63) is 0 Å². The first-order valence-electron chi connectivity index (χ1n) is 7.34. The zero-order chi connectivity index (χ0) is 14.8. The maximum Gasteiger partial charge on any atom is 0.407 e. The van der Waals surface area contributed by atoms with Crippen molar-refractivity contribution in [1.82, 2.24) is 10.2 Å². The Balaban J connectivity index is 1.73. The molecule has 2 aliphatic rings. The van der Waals surface area contributed by atoms with Crippen LogP contribution in [-0.2, 0) is 9.47 Å². The van der Waals surface area contributed by atoms with Crippen LogP contribution >= 0.6 is 0 Å². The first kappa shape index (κ1) is 15.5. The number of aliphatic hydroxyl groups excluding tert-OH is 1. The molecule has 2 saturated heterocycles. The summed E-state index contributed by atoms with van der Waals surface area (Å²) in [6, 6.07) is 0.262. The number of carbonyl (C=O) groups excluding carboxylic acids is 1. The van der Waals surface area contributed by atoms with E-state index in [9.17, 15) is 9.90 Å². The molecule has 2 fully saturated rings. The fraction of sp³-hybridized carbons (Fsp3) is 0.929. The number of hydrogen-bond donors (Lipinski definition) is 2. The maximum absolute atomic E-state index is 11.7. The number of likely N-dealkylation sites (tertiary alicyclic amines) is 1. The van der Waals surface area contributed by atoms with Crippen LogP contribution in [0.5, 0.6) is 0 Å². The number of aliphatic hydroxyl groups is 1. The Morgan fingerprint density at radius 2 is 1.95 bits per heavy atom. The van der Waals surface area contributed by atoms with Gasteiger partial charge in [-0.05, 0) is 33.6 Å². The van der Waals surface area contributed by atoms with Crippen molar-refractivity contribution in [2.75, 3.05) is 26.3 Å². The average Bonchev–Trinajstić information content (AvgIpc) is 2.74. The molecule has 1 amide bonds. The van der Waals surface area contributed by atoms with Crippen molar-refractivity contribution >= 4 is 6.09 Å². The molecule has 6 heteroatoms. The number of amides is 1. The van der Waals surface area contributed by atoms with E-state index in [1.54, 1.807) is 0 Å². The Kier molecular flexibility index (Phi) is 4.88. The molecule has 0 radical (unpaired) electrons. The second-order valence-corrected chi connectivity index (χ2v) is 6.63. The van der Waals surface area contributed by atoms with Crippen molar-refractivity contribution in [2.45, 2.75) is 57.4 Å². The van der Waals surface area contributed by atoms with Crippen LogP contribution in [0.1, 0.15) is 33.6 Å². The number of carbonyl (C=O) groups is 1. The first-order valence-corrected chi connectivity index (χ1v) is 7.34. The van der Waals surface area contributed by atoms with Gasteiger partial charge in [-0.1, -0.05) is 0 Å². The molecule has 0 bridgehead atoms. The Labute approximate surface area is 120 Å². The molecule has 2 N–H and O–H groups in total. The van der Waals surface area contributed by atoms with Crippen LogP contribution in [0, 0.1) is 0 Å². The number of alkyl carbamates (subject to hydrolysis) is 1. The second-order valence-electron chi connectivity index (χ2n) is 6.63. The minimum atomic E-state index is -0.462. The molecule has 2 heterocycles. The van der Waals surface area contributed by atoms with Crippen molar-refractivity contribution < 1.29 is 19.4 Å². The molecule has 0 aromatic carbocycles. The summed E-state index contributed by atoms with van der Waals surface area (Å²) < 4.78 is 10.5. The van der Waals surface area contributed by atoms with Gasteiger partial charge in [0.1, 0.15) is 5.60 Å². The summed E-state index contributed by atoms with van der Waals surface area (Å²) >= 11 is 0. The van der Waals surface area contributed by atoms with E-state index in [2.05, 4.69) is 10.2 Å². The highest BCUT2D eigenvalue weighted by molar-refractivity contribution is 5.68. The van der Waals surface area contributed by atoms with Crippen LogP contribution in [0.2, 0.25) is 0 Å². The van der Waals surface area contributed by atoms with E-state index in [1.165, 1.54) is 0 Å². The number of piperidine rings is 1. The fourth-order valence-electron chi connectivity index (χ4n) is 2.73. The zero-order valence-electron chi connectivity index (χ0n) is 12.6. The van der Waals surface area contributed by atoms with Gasteiger partial charge in [0, 0.05) is 19.1 Å². The highest BCUT2D eigenvalue weighted by Crippen LogP contribution is 2.19. The van der Waals surface area contributed by atoms with Gasteiger partial charge >= 0.3 is 6.09 Å². The molecular weight excluding hydrogens is 260 g/mol. The van der Waals surface area contributed by atoms with Gasteiger partial charge in [-0.3, -0.25) is 4.90 Å². The monoisotopic (exact) mass is 286 g/mol. The largest absolute Gasteiger partial charge is 0.444 e. The third-order valence-corrected chi connectivity index (χ3v) is 3.74. The minimum Gasteiger partial charge on any atom is -0.444 e. The Morgan fingerprint density at radius 3 is 2.45 bits per heavy atom. The van der Waals surface area contributed by atoms with Crippen molar-refractivity contribution in [3.63, 3.8) is 0 Å². The van der Waals surface area contributed by atoms with Gasteiger partial charge < -0.3 is 19.9 Å². The van der Waals surface area contributed by atoms with Gasteiger partial charge in [-0.15, -0.1) is 0 Å². The first-order chi connectivity index (χ1) is 9.35. The lowest BCUT2D eigenvalue weighted by atomic mass is 10.0. The summed E-state index contributed by atoms with van der Waals surface area (Å²) in [4.78, 5) is 14.0. The molecule has 0 unspecified atom stereocenters. The Hall–Kier alpha value is -0.850.